The van der Waals surface area contributed by atoms with E-state index in [4.69, 9.17) is 5.73 Å². The molecule has 21 heavy (non-hydrogen) atoms. The standard InChI is InChI=1S/C15H20N4O2/c1-15(2,3)19(21)18-9-8-17-13(10-18)11-6-4-5-7-12(11)14(16)20/h4-9,21H,10H2,1-3H3,(H2,16,20). The Kier molecular flexibility index (Phi) is 4.11. The summed E-state index contributed by atoms with van der Waals surface area (Å²) in [5, 5.41) is 13.0. The molecule has 6 heteroatoms. The summed E-state index contributed by atoms with van der Waals surface area (Å²) in [7, 11) is 0. The quantitative estimate of drug-likeness (QED) is 0.830. The summed E-state index contributed by atoms with van der Waals surface area (Å²) in [4.78, 5) is 15.8. The third-order valence-electron chi connectivity index (χ3n) is 3.13. The molecular formula is C15H20N4O2. The Morgan fingerprint density at radius 1 is 1.38 bits per heavy atom. The van der Waals surface area contributed by atoms with Gasteiger partial charge >= 0.3 is 0 Å². The lowest BCUT2D eigenvalue weighted by Crippen LogP contribution is -2.50. The lowest BCUT2D eigenvalue weighted by molar-refractivity contribution is -0.270. The minimum Gasteiger partial charge on any atom is -0.366 e. The van der Waals surface area contributed by atoms with Crippen molar-refractivity contribution in [1.29, 1.82) is 0 Å². The third kappa shape index (κ3) is 3.29. The van der Waals surface area contributed by atoms with E-state index >= 15 is 0 Å². The van der Waals surface area contributed by atoms with Gasteiger partial charge in [0.05, 0.1) is 17.8 Å². The SMILES string of the molecule is CC(C)(C)N(O)N1C=CN=C(c2ccccc2C(N)=O)C1. The van der Waals surface area contributed by atoms with Crippen molar-refractivity contribution >= 4 is 11.6 Å². The number of carbonyl (C=O) groups is 1. The van der Waals surface area contributed by atoms with Crippen molar-refractivity contribution in [2.24, 2.45) is 10.7 Å². The van der Waals surface area contributed by atoms with Gasteiger partial charge in [-0.25, -0.2) is 0 Å². The van der Waals surface area contributed by atoms with E-state index in [1.54, 1.807) is 35.6 Å². The van der Waals surface area contributed by atoms with Crippen molar-refractivity contribution in [3.63, 3.8) is 0 Å². The Bertz CT molecular complexity index is 602. The molecule has 0 fully saturated rings. The van der Waals surface area contributed by atoms with E-state index in [9.17, 15) is 10.0 Å². The number of hydrogen-bond acceptors (Lipinski definition) is 5. The second kappa shape index (κ2) is 5.67. The van der Waals surface area contributed by atoms with Gasteiger partial charge in [0.1, 0.15) is 0 Å². The highest BCUT2D eigenvalue weighted by Crippen LogP contribution is 2.18. The number of nitrogens with zero attached hydrogens (tertiary/aromatic N) is 3. The molecule has 0 aromatic heterocycles. The first-order valence-corrected chi connectivity index (χ1v) is 6.69. The summed E-state index contributed by atoms with van der Waals surface area (Å²) in [6.45, 7) is 6.03. The average molecular weight is 288 g/mol. The zero-order chi connectivity index (χ0) is 15.6. The molecule has 1 aliphatic rings. The van der Waals surface area contributed by atoms with Crippen molar-refractivity contribution in [3.05, 3.63) is 47.8 Å². The van der Waals surface area contributed by atoms with Gasteiger partial charge < -0.3 is 5.73 Å². The number of hydrogen-bond donors (Lipinski definition) is 2. The largest absolute Gasteiger partial charge is 0.366 e. The highest BCUT2D eigenvalue weighted by molar-refractivity contribution is 6.11. The molecule has 0 aliphatic carbocycles. The molecule has 0 spiro atoms. The van der Waals surface area contributed by atoms with Crippen molar-refractivity contribution in [3.8, 4) is 0 Å². The number of hydrazine groups is 1. The smallest absolute Gasteiger partial charge is 0.249 e. The molecule has 3 N–H and O–H groups in total. The zero-order valence-electron chi connectivity index (χ0n) is 12.4. The summed E-state index contributed by atoms with van der Waals surface area (Å²) in [6, 6.07) is 7.06. The molecule has 1 aliphatic heterocycles. The molecule has 1 aromatic rings. The van der Waals surface area contributed by atoms with Crippen LogP contribution in [0.15, 0.2) is 41.7 Å². The van der Waals surface area contributed by atoms with Crippen LogP contribution in [0.1, 0.15) is 36.7 Å². The van der Waals surface area contributed by atoms with Gasteiger partial charge in [-0.15, -0.1) is 0 Å². The van der Waals surface area contributed by atoms with Gasteiger partial charge in [0.15, 0.2) is 0 Å². The fourth-order valence-electron chi connectivity index (χ4n) is 2.07. The van der Waals surface area contributed by atoms with Crippen molar-refractivity contribution in [2.75, 3.05) is 6.54 Å². The Balaban J connectivity index is 2.30. The van der Waals surface area contributed by atoms with Crippen LogP contribution in [0.25, 0.3) is 0 Å². The first-order chi connectivity index (χ1) is 9.80. The zero-order valence-corrected chi connectivity index (χ0v) is 12.4. The average Bonchev–Trinajstić information content (AvgIpc) is 2.45. The number of amides is 1. The predicted molar refractivity (Wildman–Crippen MR) is 80.7 cm³/mol. The van der Waals surface area contributed by atoms with Crippen LogP contribution in [-0.4, -0.2) is 39.1 Å². The molecule has 112 valence electrons. The molecule has 0 bridgehead atoms. The van der Waals surface area contributed by atoms with Crippen molar-refractivity contribution in [1.82, 2.24) is 10.2 Å². The minimum absolute atomic E-state index is 0.356. The summed E-state index contributed by atoms with van der Waals surface area (Å²) in [6.07, 6.45) is 3.27. The second-order valence-electron chi connectivity index (χ2n) is 5.84. The van der Waals surface area contributed by atoms with Gasteiger partial charge in [0, 0.05) is 23.5 Å². The third-order valence-corrected chi connectivity index (χ3v) is 3.13. The van der Waals surface area contributed by atoms with Gasteiger partial charge in [-0.3, -0.25) is 20.0 Å². The van der Waals surface area contributed by atoms with Gasteiger partial charge in [0.25, 0.3) is 0 Å². The maximum Gasteiger partial charge on any atom is 0.249 e. The van der Waals surface area contributed by atoms with E-state index in [0.29, 0.717) is 23.4 Å². The van der Waals surface area contributed by atoms with Crippen LogP contribution in [0.3, 0.4) is 0 Å². The van der Waals surface area contributed by atoms with Crippen LogP contribution in [-0.2, 0) is 0 Å². The van der Waals surface area contributed by atoms with Gasteiger partial charge in [-0.1, -0.05) is 23.4 Å². The van der Waals surface area contributed by atoms with Crippen LogP contribution in [0.5, 0.6) is 0 Å². The topological polar surface area (TPSA) is 82.2 Å². The lowest BCUT2D eigenvalue weighted by atomic mass is 10.0. The molecule has 0 atom stereocenters. The molecule has 0 saturated carbocycles. The van der Waals surface area contributed by atoms with E-state index in [0.717, 1.165) is 5.17 Å². The summed E-state index contributed by atoms with van der Waals surface area (Å²) in [5.41, 5.74) is 6.73. The van der Waals surface area contributed by atoms with E-state index < -0.39 is 11.4 Å². The number of benzene rings is 1. The van der Waals surface area contributed by atoms with Gasteiger partial charge in [-0.2, -0.15) is 0 Å². The van der Waals surface area contributed by atoms with E-state index in [2.05, 4.69) is 4.99 Å². The molecule has 0 unspecified atom stereocenters. The first-order valence-electron chi connectivity index (χ1n) is 6.69. The van der Waals surface area contributed by atoms with Crippen LogP contribution >= 0.6 is 0 Å². The molecule has 1 aromatic carbocycles. The maximum atomic E-state index is 11.5. The molecule has 1 amide bonds. The Hall–Kier alpha value is -2.18. The Morgan fingerprint density at radius 2 is 2.05 bits per heavy atom. The number of aliphatic imine (C=N–C) groups is 1. The molecule has 1 heterocycles. The first kappa shape index (κ1) is 15.2. The summed E-state index contributed by atoms with van der Waals surface area (Å²) in [5.74, 6) is -0.494. The highest BCUT2D eigenvalue weighted by Gasteiger charge is 2.27. The molecule has 6 nitrogen and oxygen atoms in total. The lowest BCUT2D eigenvalue weighted by Gasteiger charge is -2.38. The van der Waals surface area contributed by atoms with Crippen LogP contribution in [0.2, 0.25) is 0 Å². The van der Waals surface area contributed by atoms with E-state index in [1.807, 2.05) is 26.8 Å². The predicted octanol–water partition coefficient (Wildman–Crippen LogP) is 1.77. The Morgan fingerprint density at radius 3 is 2.67 bits per heavy atom. The maximum absolute atomic E-state index is 11.5. The number of rotatable bonds is 3. The van der Waals surface area contributed by atoms with Gasteiger partial charge in [-0.05, 0) is 26.8 Å². The fraction of sp³-hybridized carbons (Fsp3) is 0.333. The number of carbonyl (C=O) groups excluding carboxylic acids is 1. The number of primary amides is 1. The number of nitrogens with two attached hydrogens (primary N) is 1. The normalized spacial score (nSPS) is 15.3. The summed E-state index contributed by atoms with van der Waals surface area (Å²) >= 11 is 0. The molecular weight excluding hydrogens is 268 g/mol. The van der Waals surface area contributed by atoms with E-state index in [-0.39, 0.29) is 0 Å². The summed E-state index contributed by atoms with van der Waals surface area (Å²) < 4.78 is 0. The highest BCUT2D eigenvalue weighted by atomic mass is 16.6. The molecule has 2 rings (SSSR count). The van der Waals surface area contributed by atoms with Gasteiger partial charge in [0.2, 0.25) is 5.91 Å². The molecule has 0 saturated heterocycles. The monoisotopic (exact) mass is 288 g/mol. The van der Waals surface area contributed by atoms with Crippen molar-refractivity contribution < 1.29 is 10.0 Å². The minimum atomic E-state index is -0.494. The van der Waals surface area contributed by atoms with Crippen LogP contribution in [0, 0.1) is 0 Å². The Labute approximate surface area is 124 Å². The molecule has 0 radical (unpaired) electrons. The van der Waals surface area contributed by atoms with Crippen molar-refractivity contribution in [2.45, 2.75) is 26.3 Å². The van der Waals surface area contributed by atoms with E-state index in [1.165, 1.54) is 0 Å². The van der Waals surface area contributed by atoms with Crippen LogP contribution < -0.4 is 5.73 Å². The van der Waals surface area contributed by atoms with Crippen LogP contribution in [0.4, 0.5) is 0 Å². The second-order valence-corrected chi connectivity index (χ2v) is 5.84. The fourth-order valence-corrected chi connectivity index (χ4v) is 2.07. The number of hydroxylamine groups is 1.